The normalized spacial score (nSPS) is 20.5. The van der Waals surface area contributed by atoms with E-state index < -0.39 is 0 Å². The van der Waals surface area contributed by atoms with E-state index in [4.69, 9.17) is 9.47 Å². The van der Waals surface area contributed by atoms with Gasteiger partial charge in [0.25, 0.3) is 0 Å². The summed E-state index contributed by atoms with van der Waals surface area (Å²) in [7, 11) is 2.21. The third-order valence-corrected chi connectivity index (χ3v) is 5.85. The predicted octanol–water partition coefficient (Wildman–Crippen LogP) is 3.98. The zero-order valence-electron chi connectivity index (χ0n) is 17.1. The topological polar surface area (TPSA) is 24.9 Å². The molecule has 1 unspecified atom stereocenters. The van der Waals surface area contributed by atoms with Gasteiger partial charge in [-0.05, 0) is 63.5 Å². The highest BCUT2D eigenvalue weighted by molar-refractivity contribution is 5.40. The number of piperidine rings is 1. The van der Waals surface area contributed by atoms with E-state index in [9.17, 15) is 0 Å². The second kappa shape index (κ2) is 8.97. The lowest BCUT2D eigenvalue weighted by Crippen LogP contribution is -2.43. The van der Waals surface area contributed by atoms with Crippen molar-refractivity contribution >= 4 is 0 Å². The van der Waals surface area contributed by atoms with Gasteiger partial charge in [-0.15, -0.1) is 0 Å². The first-order chi connectivity index (χ1) is 13.7. The Morgan fingerprint density at radius 2 is 1.79 bits per heavy atom. The number of likely N-dealkylation sites (N-methyl/N-ethyl adjacent to an activating group) is 1. The van der Waals surface area contributed by atoms with E-state index in [0.29, 0.717) is 6.61 Å². The number of para-hydroxylation sites is 2. The molecule has 0 N–H and O–H groups in total. The molecule has 1 saturated heterocycles. The number of nitrogens with zero attached hydrogens (tertiary/aromatic N) is 2. The largest absolute Gasteiger partial charge is 0.486 e. The third-order valence-electron chi connectivity index (χ3n) is 5.85. The summed E-state index contributed by atoms with van der Waals surface area (Å²) in [4.78, 5) is 5.02. The Bertz CT molecular complexity index is 771. The number of aryl methyl sites for hydroxylation is 1. The van der Waals surface area contributed by atoms with Crippen LogP contribution >= 0.6 is 0 Å². The highest BCUT2D eigenvalue weighted by Crippen LogP contribution is 2.31. The molecule has 0 aliphatic carbocycles. The van der Waals surface area contributed by atoms with Gasteiger partial charge in [0.2, 0.25) is 0 Å². The van der Waals surface area contributed by atoms with Crippen LogP contribution in [0.15, 0.2) is 48.5 Å². The van der Waals surface area contributed by atoms with Crippen LogP contribution in [0.4, 0.5) is 0 Å². The molecule has 4 nitrogen and oxygen atoms in total. The average Bonchev–Trinajstić information content (AvgIpc) is 2.69. The van der Waals surface area contributed by atoms with Crippen LogP contribution in [0, 0.1) is 12.8 Å². The summed E-state index contributed by atoms with van der Waals surface area (Å²) >= 11 is 0. The molecule has 0 spiro atoms. The summed E-state index contributed by atoms with van der Waals surface area (Å²) in [6.07, 6.45) is 2.67. The van der Waals surface area contributed by atoms with Crippen molar-refractivity contribution < 1.29 is 9.47 Å². The summed E-state index contributed by atoms with van der Waals surface area (Å²) in [6.45, 7) is 8.34. The lowest BCUT2D eigenvalue weighted by Gasteiger charge is -2.35. The standard InChI is InChI=1S/C24H32N2O2/c1-19-6-5-7-21(14-19)16-26-12-10-20(11-13-26)15-25(2)17-22-18-27-23-8-3-4-9-24(23)28-22/h3-9,14,20,22H,10-13,15-18H2,1-2H3. The van der Waals surface area contributed by atoms with Crippen LogP contribution in [0.25, 0.3) is 0 Å². The molecule has 0 aromatic heterocycles. The maximum Gasteiger partial charge on any atom is 0.161 e. The lowest BCUT2D eigenvalue weighted by molar-refractivity contribution is 0.0569. The molecule has 2 aromatic rings. The van der Waals surface area contributed by atoms with Gasteiger partial charge < -0.3 is 14.4 Å². The fourth-order valence-electron chi connectivity index (χ4n) is 4.41. The van der Waals surface area contributed by atoms with Crippen LogP contribution in [0.3, 0.4) is 0 Å². The number of rotatable bonds is 6. The molecule has 2 aliphatic heterocycles. The molecule has 2 aromatic carbocycles. The van der Waals surface area contributed by atoms with Gasteiger partial charge in [-0.1, -0.05) is 42.0 Å². The minimum atomic E-state index is 0.112. The van der Waals surface area contributed by atoms with E-state index in [1.54, 1.807) is 0 Å². The van der Waals surface area contributed by atoms with Crippen molar-refractivity contribution in [2.75, 3.05) is 39.8 Å². The van der Waals surface area contributed by atoms with Crippen molar-refractivity contribution in [1.82, 2.24) is 9.80 Å². The Morgan fingerprint density at radius 3 is 2.57 bits per heavy atom. The van der Waals surface area contributed by atoms with Crippen molar-refractivity contribution in [3.63, 3.8) is 0 Å². The number of hydrogen-bond donors (Lipinski definition) is 0. The first-order valence-electron chi connectivity index (χ1n) is 10.5. The van der Waals surface area contributed by atoms with Crippen LogP contribution in [0.5, 0.6) is 11.5 Å². The molecule has 2 aliphatic rings. The Labute approximate surface area is 169 Å². The second-order valence-corrected chi connectivity index (χ2v) is 8.43. The molecule has 2 heterocycles. The highest BCUT2D eigenvalue weighted by atomic mass is 16.6. The Morgan fingerprint density at radius 1 is 1.00 bits per heavy atom. The summed E-state index contributed by atoms with van der Waals surface area (Å²) in [5.74, 6) is 2.51. The van der Waals surface area contributed by atoms with Gasteiger partial charge >= 0.3 is 0 Å². The number of hydrogen-bond acceptors (Lipinski definition) is 4. The third kappa shape index (κ3) is 5.06. The summed E-state index contributed by atoms with van der Waals surface area (Å²) in [6, 6.07) is 16.8. The van der Waals surface area contributed by atoms with Crippen LogP contribution in [0.1, 0.15) is 24.0 Å². The Hall–Kier alpha value is -2.04. The van der Waals surface area contributed by atoms with E-state index in [-0.39, 0.29) is 6.10 Å². The Kier molecular flexibility index (Phi) is 6.18. The van der Waals surface area contributed by atoms with Crippen LogP contribution in [-0.2, 0) is 6.54 Å². The smallest absolute Gasteiger partial charge is 0.161 e. The second-order valence-electron chi connectivity index (χ2n) is 8.43. The fourth-order valence-corrected chi connectivity index (χ4v) is 4.41. The number of ether oxygens (including phenoxy) is 2. The van der Waals surface area contributed by atoms with Gasteiger partial charge in [0.05, 0.1) is 0 Å². The van der Waals surface area contributed by atoms with Gasteiger partial charge in [-0.25, -0.2) is 0 Å². The fraction of sp³-hybridized carbons (Fsp3) is 0.500. The van der Waals surface area contributed by atoms with Gasteiger partial charge in [-0.3, -0.25) is 4.90 Å². The van der Waals surface area contributed by atoms with E-state index in [1.165, 1.54) is 37.1 Å². The summed E-state index contributed by atoms with van der Waals surface area (Å²) in [5, 5.41) is 0. The van der Waals surface area contributed by atoms with Crippen molar-refractivity contribution in [3.05, 3.63) is 59.7 Å². The number of fused-ring (bicyclic) bond motifs is 1. The molecule has 1 atom stereocenters. The Balaban J connectivity index is 1.19. The zero-order valence-corrected chi connectivity index (χ0v) is 17.1. The molecule has 4 rings (SSSR count). The van der Waals surface area contributed by atoms with E-state index >= 15 is 0 Å². The molecule has 1 fully saturated rings. The summed E-state index contributed by atoms with van der Waals surface area (Å²) < 4.78 is 12.0. The van der Waals surface area contributed by atoms with Gasteiger partial charge in [-0.2, -0.15) is 0 Å². The van der Waals surface area contributed by atoms with Crippen molar-refractivity contribution in [3.8, 4) is 11.5 Å². The molecule has 0 bridgehead atoms. The molecule has 150 valence electrons. The number of benzene rings is 2. The molecular formula is C24H32N2O2. The predicted molar refractivity (Wildman–Crippen MR) is 113 cm³/mol. The maximum absolute atomic E-state index is 6.11. The monoisotopic (exact) mass is 380 g/mol. The maximum atomic E-state index is 6.11. The van der Waals surface area contributed by atoms with E-state index in [0.717, 1.165) is 37.1 Å². The van der Waals surface area contributed by atoms with E-state index in [1.807, 2.05) is 24.3 Å². The van der Waals surface area contributed by atoms with Crippen molar-refractivity contribution in [2.24, 2.45) is 5.92 Å². The molecule has 0 saturated carbocycles. The number of likely N-dealkylation sites (tertiary alicyclic amines) is 1. The molecule has 0 radical (unpaired) electrons. The van der Waals surface area contributed by atoms with Crippen LogP contribution in [-0.4, -0.2) is 55.7 Å². The molecule has 4 heteroatoms. The van der Waals surface area contributed by atoms with Crippen LogP contribution < -0.4 is 9.47 Å². The molecule has 0 amide bonds. The highest BCUT2D eigenvalue weighted by Gasteiger charge is 2.25. The minimum absolute atomic E-state index is 0.112. The SMILES string of the molecule is Cc1cccc(CN2CCC(CN(C)CC3COc4ccccc4O3)CC2)c1. The van der Waals surface area contributed by atoms with Gasteiger partial charge in [0.15, 0.2) is 11.5 Å². The first kappa shape index (κ1) is 19.3. The van der Waals surface area contributed by atoms with Crippen LogP contribution in [0.2, 0.25) is 0 Å². The van der Waals surface area contributed by atoms with Crippen molar-refractivity contribution in [2.45, 2.75) is 32.4 Å². The minimum Gasteiger partial charge on any atom is -0.486 e. The summed E-state index contributed by atoms with van der Waals surface area (Å²) in [5.41, 5.74) is 2.79. The molecule has 28 heavy (non-hydrogen) atoms. The molecular weight excluding hydrogens is 348 g/mol. The zero-order chi connectivity index (χ0) is 19.3. The quantitative estimate of drug-likeness (QED) is 0.757. The van der Waals surface area contributed by atoms with Gasteiger partial charge in [0.1, 0.15) is 12.7 Å². The van der Waals surface area contributed by atoms with E-state index in [2.05, 4.69) is 48.0 Å². The first-order valence-corrected chi connectivity index (χ1v) is 10.5. The lowest BCUT2D eigenvalue weighted by atomic mass is 9.95. The van der Waals surface area contributed by atoms with Gasteiger partial charge in [0, 0.05) is 19.6 Å². The van der Waals surface area contributed by atoms with Crippen molar-refractivity contribution in [1.29, 1.82) is 0 Å². The average molecular weight is 381 g/mol.